The molecule has 0 radical (unpaired) electrons. The highest BCUT2D eigenvalue weighted by Gasteiger charge is 1.99. The monoisotopic (exact) mass is 246 g/mol. The smallest absolute Gasteiger partial charge is 0.0965 e. The first-order chi connectivity index (χ1) is 8.86. The first kappa shape index (κ1) is 14.8. The van der Waals surface area contributed by atoms with Gasteiger partial charge in [-0.3, -0.25) is 0 Å². The zero-order chi connectivity index (χ0) is 13.1. The van der Waals surface area contributed by atoms with Gasteiger partial charge in [-0.2, -0.15) is 0 Å². The molecule has 0 fully saturated rings. The number of ether oxygens (including phenoxy) is 1. The molecule has 0 saturated heterocycles. The Bertz CT molecular complexity index is 327. The standard InChI is InChI=1S/C17H26O/c1-3-5-6-7-11-14-17(18-4-2)15-16-12-9-8-10-13-16/h8-10,12-13,15H,3-7,11,14H2,1-2H3/b17-15+. The van der Waals surface area contributed by atoms with E-state index in [1.54, 1.807) is 0 Å². The highest BCUT2D eigenvalue weighted by Crippen LogP contribution is 2.15. The van der Waals surface area contributed by atoms with E-state index in [2.05, 4.69) is 44.2 Å². The van der Waals surface area contributed by atoms with Gasteiger partial charge >= 0.3 is 0 Å². The third-order valence-corrected chi connectivity index (χ3v) is 2.98. The molecular weight excluding hydrogens is 220 g/mol. The average molecular weight is 246 g/mol. The van der Waals surface area contributed by atoms with Crippen LogP contribution in [-0.2, 0) is 4.74 Å². The molecule has 0 aromatic heterocycles. The maximum Gasteiger partial charge on any atom is 0.0965 e. The molecule has 0 bridgehead atoms. The van der Waals surface area contributed by atoms with Gasteiger partial charge in [-0.15, -0.1) is 0 Å². The minimum absolute atomic E-state index is 0.758. The molecule has 1 nitrogen and oxygen atoms in total. The SMILES string of the molecule is CCCCCCC/C(=C\c1ccccc1)OCC. The van der Waals surface area contributed by atoms with Crippen molar-refractivity contribution in [3.05, 3.63) is 41.7 Å². The van der Waals surface area contributed by atoms with Gasteiger partial charge in [0.25, 0.3) is 0 Å². The minimum atomic E-state index is 0.758. The predicted molar refractivity (Wildman–Crippen MR) is 79.4 cm³/mol. The van der Waals surface area contributed by atoms with Gasteiger partial charge in [0.15, 0.2) is 0 Å². The number of hydrogen-bond acceptors (Lipinski definition) is 1. The van der Waals surface area contributed by atoms with E-state index < -0.39 is 0 Å². The van der Waals surface area contributed by atoms with E-state index in [-0.39, 0.29) is 0 Å². The number of unbranched alkanes of at least 4 members (excludes halogenated alkanes) is 4. The minimum Gasteiger partial charge on any atom is -0.498 e. The van der Waals surface area contributed by atoms with Crippen molar-refractivity contribution in [2.75, 3.05) is 6.61 Å². The first-order valence-corrected chi connectivity index (χ1v) is 7.25. The van der Waals surface area contributed by atoms with Crippen molar-refractivity contribution in [3.8, 4) is 0 Å². The molecule has 0 heterocycles. The summed E-state index contributed by atoms with van der Waals surface area (Å²) < 4.78 is 5.71. The lowest BCUT2D eigenvalue weighted by atomic mass is 10.1. The maximum atomic E-state index is 5.71. The van der Waals surface area contributed by atoms with E-state index in [1.807, 2.05) is 6.07 Å². The van der Waals surface area contributed by atoms with Gasteiger partial charge in [0.1, 0.15) is 0 Å². The van der Waals surface area contributed by atoms with Gasteiger partial charge in [-0.05, 0) is 25.0 Å². The third-order valence-electron chi connectivity index (χ3n) is 2.98. The normalized spacial score (nSPS) is 11.6. The van der Waals surface area contributed by atoms with Crippen LogP contribution >= 0.6 is 0 Å². The Morgan fingerprint density at radius 3 is 2.39 bits per heavy atom. The van der Waals surface area contributed by atoms with E-state index in [1.165, 1.54) is 37.7 Å². The van der Waals surface area contributed by atoms with Gasteiger partial charge in [-0.25, -0.2) is 0 Å². The van der Waals surface area contributed by atoms with Crippen LogP contribution in [0.15, 0.2) is 36.1 Å². The number of benzene rings is 1. The summed E-state index contributed by atoms with van der Waals surface area (Å²) in [6, 6.07) is 10.4. The number of rotatable bonds is 9. The molecular formula is C17H26O. The van der Waals surface area contributed by atoms with Crippen LogP contribution in [0, 0.1) is 0 Å². The molecule has 0 aliphatic carbocycles. The molecule has 100 valence electrons. The molecule has 0 unspecified atom stereocenters. The molecule has 0 aliphatic heterocycles. The molecule has 0 aliphatic rings. The summed E-state index contributed by atoms with van der Waals surface area (Å²) in [7, 11) is 0. The lowest BCUT2D eigenvalue weighted by molar-refractivity contribution is 0.220. The molecule has 1 aromatic carbocycles. The maximum absolute atomic E-state index is 5.71. The average Bonchev–Trinajstić information content (AvgIpc) is 2.40. The van der Waals surface area contributed by atoms with E-state index in [0.29, 0.717) is 0 Å². The molecule has 1 rings (SSSR count). The van der Waals surface area contributed by atoms with Crippen LogP contribution < -0.4 is 0 Å². The zero-order valence-electron chi connectivity index (χ0n) is 11.8. The lowest BCUT2D eigenvalue weighted by Crippen LogP contribution is -1.92. The van der Waals surface area contributed by atoms with Crippen molar-refractivity contribution in [1.82, 2.24) is 0 Å². The Kier molecular flexibility index (Phi) is 8.03. The number of allylic oxidation sites excluding steroid dienone is 1. The second-order valence-corrected chi connectivity index (χ2v) is 4.62. The van der Waals surface area contributed by atoms with Crippen molar-refractivity contribution >= 4 is 6.08 Å². The Morgan fingerprint density at radius 2 is 1.72 bits per heavy atom. The quantitative estimate of drug-likeness (QED) is 0.417. The summed E-state index contributed by atoms with van der Waals surface area (Å²) in [6.45, 7) is 5.06. The van der Waals surface area contributed by atoms with Crippen LogP contribution in [0.2, 0.25) is 0 Å². The summed E-state index contributed by atoms with van der Waals surface area (Å²) in [5.74, 6) is 1.13. The summed E-state index contributed by atoms with van der Waals surface area (Å²) in [6.07, 6.45) is 9.78. The number of hydrogen-bond donors (Lipinski definition) is 0. The third kappa shape index (κ3) is 6.48. The van der Waals surface area contributed by atoms with E-state index in [4.69, 9.17) is 4.74 Å². The van der Waals surface area contributed by atoms with E-state index in [0.717, 1.165) is 18.8 Å². The van der Waals surface area contributed by atoms with Crippen molar-refractivity contribution in [1.29, 1.82) is 0 Å². The first-order valence-electron chi connectivity index (χ1n) is 7.25. The summed E-state index contributed by atoms with van der Waals surface area (Å²) in [5, 5.41) is 0. The lowest BCUT2D eigenvalue weighted by Gasteiger charge is -2.09. The molecule has 0 atom stereocenters. The Balaban J connectivity index is 2.42. The van der Waals surface area contributed by atoms with Gasteiger partial charge in [0.05, 0.1) is 12.4 Å². The molecule has 0 spiro atoms. The Labute approximate surface area is 112 Å². The second kappa shape index (κ2) is 9.76. The molecule has 0 amide bonds. The molecule has 0 saturated carbocycles. The van der Waals surface area contributed by atoms with Crippen LogP contribution in [0.3, 0.4) is 0 Å². The summed E-state index contributed by atoms with van der Waals surface area (Å²) in [4.78, 5) is 0. The van der Waals surface area contributed by atoms with Gasteiger partial charge in [0.2, 0.25) is 0 Å². The second-order valence-electron chi connectivity index (χ2n) is 4.62. The predicted octanol–water partition coefficient (Wildman–Crippen LogP) is 5.42. The van der Waals surface area contributed by atoms with E-state index in [9.17, 15) is 0 Å². The molecule has 1 aromatic rings. The van der Waals surface area contributed by atoms with Gasteiger partial charge in [-0.1, -0.05) is 62.9 Å². The van der Waals surface area contributed by atoms with E-state index >= 15 is 0 Å². The Morgan fingerprint density at radius 1 is 1.00 bits per heavy atom. The fraction of sp³-hybridized carbons (Fsp3) is 0.529. The summed E-state index contributed by atoms with van der Waals surface area (Å²) in [5.41, 5.74) is 1.23. The topological polar surface area (TPSA) is 9.23 Å². The highest BCUT2D eigenvalue weighted by atomic mass is 16.5. The highest BCUT2D eigenvalue weighted by molar-refractivity contribution is 5.50. The van der Waals surface area contributed by atoms with Crippen LogP contribution in [0.1, 0.15) is 57.9 Å². The van der Waals surface area contributed by atoms with Crippen molar-refractivity contribution < 1.29 is 4.74 Å². The zero-order valence-corrected chi connectivity index (χ0v) is 11.8. The largest absolute Gasteiger partial charge is 0.498 e. The molecule has 1 heteroatoms. The van der Waals surface area contributed by atoms with Crippen LogP contribution in [0.4, 0.5) is 0 Å². The van der Waals surface area contributed by atoms with Gasteiger partial charge < -0.3 is 4.74 Å². The van der Waals surface area contributed by atoms with Crippen molar-refractivity contribution in [3.63, 3.8) is 0 Å². The molecule has 0 N–H and O–H groups in total. The fourth-order valence-electron chi connectivity index (χ4n) is 2.01. The van der Waals surface area contributed by atoms with Crippen LogP contribution in [0.25, 0.3) is 6.08 Å². The van der Waals surface area contributed by atoms with Crippen molar-refractivity contribution in [2.45, 2.75) is 52.4 Å². The van der Waals surface area contributed by atoms with Crippen LogP contribution in [0.5, 0.6) is 0 Å². The van der Waals surface area contributed by atoms with Gasteiger partial charge in [0, 0.05) is 6.42 Å². The Hall–Kier alpha value is -1.24. The molecule has 18 heavy (non-hydrogen) atoms. The van der Waals surface area contributed by atoms with Crippen LogP contribution in [-0.4, -0.2) is 6.61 Å². The fourth-order valence-corrected chi connectivity index (χ4v) is 2.01. The summed E-state index contributed by atoms with van der Waals surface area (Å²) >= 11 is 0. The van der Waals surface area contributed by atoms with Crippen molar-refractivity contribution in [2.24, 2.45) is 0 Å².